The van der Waals surface area contributed by atoms with Crippen molar-refractivity contribution in [3.05, 3.63) is 63.3 Å². The van der Waals surface area contributed by atoms with Gasteiger partial charge in [-0.1, -0.05) is 12.1 Å². The summed E-state index contributed by atoms with van der Waals surface area (Å²) in [5.74, 6) is -0.629. The lowest BCUT2D eigenvalue weighted by Gasteiger charge is -2.25. The highest BCUT2D eigenvalue weighted by molar-refractivity contribution is 5.94. The van der Waals surface area contributed by atoms with Gasteiger partial charge in [0.25, 0.3) is 5.56 Å². The molecular weight excluding hydrogens is 351 g/mol. The Hall–Kier alpha value is -2.97. The van der Waals surface area contributed by atoms with Gasteiger partial charge in [0.15, 0.2) is 5.75 Å². The molecule has 0 saturated carbocycles. The molecule has 1 aliphatic rings. The number of aromatic nitrogens is 2. The summed E-state index contributed by atoms with van der Waals surface area (Å²) in [6.07, 6.45) is 0.842. The van der Waals surface area contributed by atoms with Gasteiger partial charge in [0.05, 0.1) is 11.2 Å². The van der Waals surface area contributed by atoms with Crippen molar-refractivity contribution in [1.29, 1.82) is 0 Å². The number of aliphatic hydroxyl groups excluding tert-OH is 1. The van der Waals surface area contributed by atoms with Crippen LogP contribution in [0.1, 0.15) is 22.9 Å². The molecule has 2 aromatic heterocycles. The van der Waals surface area contributed by atoms with E-state index >= 15 is 0 Å². The maximum absolute atomic E-state index is 13.1. The fourth-order valence-electron chi connectivity index (χ4n) is 3.50. The summed E-state index contributed by atoms with van der Waals surface area (Å²) in [6.45, 7) is 0.927. The van der Waals surface area contributed by atoms with E-state index in [1.54, 1.807) is 18.3 Å². The average molecular weight is 370 g/mol. The van der Waals surface area contributed by atoms with Crippen molar-refractivity contribution in [2.45, 2.75) is 19.2 Å². The number of nitrogens with one attached hydrogen (secondary N) is 2. The van der Waals surface area contributed by atoms with E-state index in [9.17, 15) is 19.4 Å². The quantitative estimate of drug-likeness (QED) is 0.519. The lowest BCUT2D eigenvalue weighted by atomic mass is 10.0. The first-order valence-corrected chi connectivity index (χ1v) is 8.62. The molecule has 0 saturated heterocycles. The zero-order valence-corrected chi connectivity index (χ0v) is 14.7. The Morgan fingerprint density at radius 1 is 1.37 bits per heavy atom. The number of aliphatic hydroxyl groups is 1. The van der Waals surface area contributed by atoms with E-state index < -0.39 is 11.8 Å². The number of hydrogen-bond acceptors (Lipinski definition) is 6. The van der Waals surface area contributed by atoms with Gasteiger partial charge in [-0.05, 0) is 24.7 Å². The molecule has 1 aromatic carbocycles. The maximum Gasteiger partial charge on any atom is 0.262 e. The fraction of sp³-hybridized carbons (Fsp3) is 0.263. The minimum absolute atomic E-state index is 0.114. The molecule has 4 N–H and O–H groups in total. The van der Waals surface area contributed by atoms with Crippen molar-refractivity contribution in [1.82, 2.24) is 14.9 Å². The predicted molar refractivity (Wildman–Crippen MR) is 99.4 cm³/mol. The van der Waals surface area contributed by atoms with Gasteiger partial charge in [-0.15, -0.1) is 0 Å². The van der Waals surface area contributed by atoms with Crippen LogP contribution < -0.4 is 16.2 Å². The van der Waals surface area contributed by atoms with E-state index in [1.807, 2.05) is 0 Å². The molecule has 0 bridgehead atoms. The summed E-state index contributed by atoms with van der Waals surface area (Å²) in [5.41, 5.74) is 2.65. The maximum atomic E-state index is 13.1. The third-order valence-corrected chi connectivity index (χ3v) is 4.85. The number of anilines is 1. The van der Waals surface area contributed by atoms with Gasteiger partial charge in [0, 0.05) is 31.3 Å². The minimum Gasteiger partial charge on any atom is -0.505 e. The van der Waals surface area contributed by atoms with Crippen molar-refractivity contribution in [3.8, 4) is 5.75 Å². The van der Waals surface area contributed by atoms with Crippen LogP contribution in [0.2, 0.25) is 0 Å². The number of benzene rings is 1. The van der Waals surface area contributed by atoms with Crippen LogP contribution in [0.15, 0.2) is 35.3 Å². The van der Waals surface area contributed by atoms with Gasteiger partial charge < -0.3 is 20.1 Å². The van der Waals surface area contributed by atoms with Crippen molar-refractivity contribution >= 4 is 16.7 Å². The molecule has 0 fully saturated rings. The Labute approximate surface area is 154 Å². The van der Waals surface area contributed by atoms with Crippen molar-refractivity contribution in [2.75, 3.05) is 18.9 Å². The zero-order valence-electron chi connectivity index (χ0n) is 14.7. The van der Waals surface area contributed by atoms with E-state index in [4.69, 9.17) is 0 Å². The Balaban J connectivity index is 1.92. The number of halogens is 1. The van der Waals surface area contributed by atoms with Crippen LogP contribution >= 0.6 is 0 Å². The molecule has 0 aliphatic carbocycles. The Kier molecular flexibility index (Phi) is 4.29. The monoisotopic (exact) mass is 370 g/mol. The average Bonchev–Trinajstić information content (AvgIpc) is 2.68. The van der Waals surface area contributed by atoms with E-state index in [0.717, 1.165) is 11.1 Å². The van der Waals surface area contributed by atoms with Gasteiger partial charge in [-0.2, -0.15) is 0 Å². The van der Waals surface area contributed by atoms with Crippen molar-refractivity contribution in [2.24, 2.45) is 0 Å². The largest absolute Gasteiger partial charge is 0.505 e. The Morgan fingerprint density at radius 2 is 2.11 bits per heavy atom. The second-order valence-corrected chi connectivity index (χ2v) is 6.50. The van der Waals surface area contributed by atoms with E-state index in [-0.39, 0.29) is 22.6 Å². The molecule has 8 heteroatoms. The molecule has 1 unspecified atom stereocenters. The molecule has 0 amide bonds. The first kappa shape index (κ1) is 17.4. The molecule has 140 valence electrons. The molecule has 3 heterocycles. The second-order valence-electron chi connectivity index (χ2n) is 6.50. The number of nitrogens with zero attached hydrogens (tertiary/aromatic N) is 2. The SMILES string of the molecule is CNC(O)c1c(O)c2ncc(Cc3ccc(F)cc3)c3c2n(c1=O)CCN3. The number of rotatable bonds is 4. The van der Waals surface area contributed by atoms with E-state index in [1.165, 1.54) is 23.7 Å². The highest BCUT2D eigenvalue weighted by Gasteiger charge is 2.26. The molecule has 4 rings (SSSR count). The predicted octanol–water partition coefficient (Wildman–Crippen LogP) is 1.47. The van der Waals surface area contributed by atoms with Crippen LogP contribution in [-0.4, -0.2) is 33.4 Å². The highest BCUT2D eigenvalue weighted by atomic mass is 19.1. The summed E-state index contributed by atoms with van der Waals surface area (Å²) in [7, 11) is 1.50. The van der Waals surface area contributed by atoms with Gasteiger partial charge in [-0.25, -0.2) is 4.39 Å². The summed E-state index contributed by atoms with van der Waals surface area (Å²) in [6, 6.07) is 6.20. The summed E-state index contributed by atoms with van der Waals surface area (Å²) in [4.78, 5) is 17.2. The fourth-order valence-corrected chi connectivity index (χ4v) is 3.50. The third-order valence-electron chi connectivity index (χ3n) is 4.85. The van der Waals surface area contributed by atoms with Crippen molar-refractivity contribution in [3.63, 3.8) is 0 Å². The molecule has 27 heavy (non-hydrogen) atoms. The Bertz CT molecular complexity index is 1080. The topological polar surface area (TPSA) is 99.4 Å². The van der Waals surface area contributed by atoms with Crippen LogP contribution in [0.4, 0.5) is 10.1 Å². The van der Waals surface area contributed by atoms with Crippen LogP contribution in [0, 0.1) is 5.82 Å². The molecular formula is C19H19FN4O3. The summed E-state index contributed by atoms with van der Waals surface area (Å²) >= 11 is 0. The smallest absolute Gasteiger partial charge is 0.262 e. The first-order chi connectivity index (χ1) is 13.0. The standard InChI is InChI=1S/C19H19FN4O3/c1-21-18(26)13-17(25)15-16-14(22-6-7-24(16)19(13)27)11(9-23-15)8-10-2-4-12(20)5-3-10/h2-5,9,18,21-22,25-26H,6-8H2,1H3. The van der Waals surface area contributed by atoms with Crippen LogP contribution in [0.5, 0.6) is 5.75 Å². The molecule has 0 radical (unpaired) electrons. The van der Waals surface area contributed by atoms with Crippen LogP contribution in [-0.2, 0) is 13.0 Å². The van der Waals surface area contributed by atoms with Gasteiger partial charge in [0.1, 0.15) is 23.1 Å². The second kappa shape index (κ2) is 6.64. The zero-order chi connectivity index (χ0) is 19.1. The number of pyridine rings is 2. The third kappa shape index (κ3) is 2.83. The lowest BCUT2D eigenvalue weighted by molar-refractivity contribution is 0.144. The molecule has 0 spiro atoms. The normalized spacial score (nSPS) is 14.2. The first-order valence-electron chi connectivity index (χ1n) is 8.62. The van der Waals surface area contributed by atoms with Gasteiger partial charge >= 0.3 is 0 Å². The number of hydrogen-bond donors (Lipinski definition) is 4. The van der Waals surface area contributed by atoms with Gasteiger partial charge in [0.2, 0.25) is 0 Å². The molecule has 7 nitrogen and oxygen atoms in total. The summed E-state index contributed by atoms with van der Waals surface area (Å²) in [5, 5.41) is 26.5. The molecule has 1 aliphatic heterocycles. The molecule has 1 atom stereocenters. The van der Waals surface area contributed by atoms with Crippen LogP contribution in [0.3, 0.4) is 0 Å². The highest BCUT2D eigenvalue weighted by Crippen LogP contribution is 2.35. The van der Waals surface area contributed by atoms with E-state index in [0.29, 0.717) is 30.7 Å². The minimum atomic E-state index is -1.29. The van der Waals surface area contributed by atoms with Crippen LogP contribution in [0.25, 0.3) is 11.0 Å². The Morgan fingerprint density at radius 3 is 2.81 bits per heavy atom. The molecule has 3 aromatic rings. The van der Waals surface area contributed by atoms with Crippen molar-refractivity contribution < 1.29 is 14.6 Å². The summed E-state index contributed by atoms with van der Waals surface area (Å²) < 4.78 is 14.7. The van der Waals surface area contributed by atoms with E-state index in [2.05, 4.69) is 15.6 Å². The van der Waals surface area contributed by atoms with Gasteiger partial charge in [-0.3, -0.25) is 15.1 Å². The lowest BCUT2D eigenvalue weighted by Crippen LogP contribution is -2.34. The number of aromatic hydroxyl groups is 1.